The van der Waals surface area contributed by atoms with Crippen LogP contribution >= 0.6 is 0 Å². The standard InChI is InChI=1S/C24H31N3O2/c1-18-13-19(2)16-27(15-18)23(28)17-25-9-11-26(12-10-25)24(29)22-8-7-20-5-3-4-6-21(20)14-22/h3-8,14,18-19H,9-13,15-17H2,1-2H3/t18-,19-/m1/s1. The molecule has 2 aromatic carbocycles. The van der Waals surface area contributed by atoms with Gasteiger partial charge in [-0.3, -0.25) is 14.5 Å². The Morgan fingerprint density at radius 3 is 2.21 bits per heavy atom. The highest BCUT2D eigenvalue weighted by molar-refractivity contribution is 5.98. The van der Waals surface area contributed by atoms with Crippen molar-refractivity contribution in [3.8, 4) is 0 Å². The first-order valence-corrected chi connectivity index (χ1v) is 10.8. The number of benzene rings is 2. The second kappa shape index (κ2) is 8.54. The molecule has 2 heterocycles. The van der Waals surface area contributed by atoms with Gasteiger partial charge < -0.3 is 9.80 Å². The summed E-state index contributed by atoms with van der Waals surface area (Å²) in [5, 5.41) is 2.24. The maximum atomic E-state index is 12.9. The van der Waals surface area contributed by atoms with Crippen molar-refractivity contribution in [1.29, 1.82) is 0 Å². The molecule has 29 heavy (non-hydrogen) atoms. The summed E-state index contributed by atoms with van der Waals surface area (Å²) >= 11 is 0. The van der Waals surface area contributed by atoms with E-state index in [4.69, 9.17) is 0 Å². The number of likely N-dealkylation sites (tertiary alicyclic amines) is 1. The van der Waals surface area contributed by atoms with Crippen LogP contribution < -0.4 is 0 Å². The molecule has 2 atom stereocenters. The summed E-state index contributed by atoms with van der Waals surface area (Å²) in [6, 6.07) is 14.0. The topological polar surface area (TPSA) is 43.9 Å². The van der Waals surface area contributed by atoms with Crippen molar-refractivity contribution in [1.82, 2.24) is 14.7 Å². The highest BCUT2D eigenvalue weighted by Gasteiger charge is 2.28. The van der Waals surface area contributed by atoms with E-state index in [1.165, 1.54) is 6.42 Å². The minimum Gasteiger partial charge on any atom is -0.341 e. The fraction of sp³-hybridized carbons (Fsp3) is 0.500. The zero-order valence-corrected chi connectivity index (χ0v) is 17.5. The van der Waals surface area contributed by atoms with Crippen LogP contribution in [0.2, 0.25) is 0 Å². The van der Waals surface area contributed by atoms with Crippen LogP contribution in [0.15, 0.2) is 42.5 Å². The molecule has 2 aliphatic rings. The highest BCUT2D eigenvalue weighted by atomic mass is 16.2. The number of hydrogen-bond acceptors (Lipinski definition) is 3. The Bertz CT molecular complexity index is 879. The average Bonchev–Trinajstić information content (AvgIpc) is 2.72. The quantitative estimate of drug-likeness (QED) is 0.805. The lowest BCUT2D eigenvalue weighted by atomic mass is 9.92. The summed E-state index contributed by atoms with van der Waals surface area (Å²) in [4.78, 5) is 31.8. The van der Waals surface area contributed by atoms with E-state index in [9.17, 15) is 9.59 Å². The SMILES string of the molecule is C[C@@H]1C[C@@H](C)CN(C(=O)CN2CCN(C(=O)c3ccc4ccccc4c3)CC2)C1. The minimum absolute atomic E-state index is 0.0837. The number of nitrogens with zero attached hydrogens (tertiary/aromatic N) is 3. The molecule has 0 bridgehead atoms. The van der Waals surface area contributed by atoms with Crippen molar-refractivity contribution in [3.05, 3.63) is 48.0 Å². The maximum Gasteiger partial charge on any atom is 0.253 e. The van der Waals surface area contributed by atoms with Gasteiger partial charge in [0.15, 0.2) is 0 Å². The summed E-state index contributed by atoms with van der Waals surface area (Å²) < 4.78 is 0. The molecule has 5 nitrogen and oxygen atoms in total. The van der Waals surface area contributed by atoms with Crippen LogP contribution in [0.3, 0.4) is 0 Å². The van der Waals surface area contributed by atoms with Crippen LogP contribution in [0.25, 0.3) is 10.8 Å². The van der Waals surface area contributed by atoms with Crippen LogP contribution in [-0.4, -0.2) is 72.3 Å². The number of amides is 2. The van der Waals surface area contributed by atoms with Gasteiger partial charge in [0.1, 0.15) is 0 Å². The molecule has 0 saturated carbocycles. The molecule has 2 saturated heterocycles. The number of hydrogen-bond donors (Lipinski definition) is 0. The lowest BCUT2D eigenvalue weighted by Crippen LogP contribution is -2.53. The Hall–Kier alpha value is -2.40. The molecule has 0 spiro atoms. The molecule has 154 valence electrons. The van der Waals surface area contributed by atoms with Crippen LogP contribution in [0.5, 0.6) is 0 Å². The van der Waals surface area contributed by atoms with Crippen LogP contribution in [0.1, 0.15) is 30.6 Å². The van der Waals surface area contributed by atoms with Gasteiger partial charge in [-0.25, -0.2) is 0 Å². The fourth-order valence-corrected chi connectivity index (χ4v) is 4.77. The van der Waals surface area contributed by atoms with Crippen molar-refractivity contribution in [2.75, 3.05) is 45.8 Å². The Morgan fingerprint density at radius 1 is 0.862 bits per heavy atom. The molecule has 5 heteroatoms. The summed E-state index contributed by atoms with van der Waals surface area (Å²) in [6.45, 7) is 9.54. The number of rotatable bonds is 3. The third-order valence-corrected chi connectivity index (χ3v) is 6.24. The van der Waals surface area contributed by atoms with Crippen molar-refractivity contribution in [2.24, 2.45) is 11.8 Å². The molecule has 0 aliphatic carbocycles. The van der Waals surface area contributed by atoms with Crippen LogP contribution in [0, 0.1) is 11.8 Å². The predicted octanol–water partition coefficient (Wildman–Crippen LogP) is 3.10. The van der Waals surface area contributed by atoms with E-state index in [1.54, 1.807) is 0 Å². The Kier molecular flexibility index (Phi) is 5.86. The first kappa shape index (κ1) is 19.9. The van der Waals surface area contributed by atoms with E-state index in [-0.39, 0.29) is 11.8 Å². The number of piperazine rings is 1. The first-order valence-electron chi connectivity index (χ1n) is 10.8. The van der Waals surface area contributed by atoms with Gasteiger partial charge in [-0.05, 0) is 41.2 Å². The van der Waals surface area contributed by atoms with Gasteiger partial charge in [-0.1, -0.05) is 44.2 Å². The van der Waals surface area contributed by atoms with E-state index in [0.29, 0.717) is 31.5 Å². The fourth-order valence-electron chi connectivity index (χ4n) is 4.77. The van der Waals surface area contributed by atoms with Gasteiger partial charge in [-0.2, -0.15) is 0 Å². The molecule has 2 aromatic rings. The Balaban J connectivity index is 1.31. The summed E-state index contributed by atoms with van der Waals surface area (Å²) in [7, 11) is 0. The summed E-state index contributed by atoms with van der Waals surface area (Å²) in [5.74, 6) is 1.48. The molecule has 4 rings (SSSR count). The predicted molar refractivity (Wildman–Crippen MR) is 116 cm³/mol. The van der Waals surface area contributed by atoms with Crippen molar-refractivity contribution in [2.45, 2.75) is 20.3 Å². The third-order valence-electron chi connectivity index (χ3n) is 6.24. The van der Waals surface area contributed by atoms with Gasteiger partial charge >= 0.3 is 0 Å². The van der Waals surface area contributed by atoms with Gasteiger partial charge in [0.05, 0.1) is 6.54 Å². The largest absolute Gasteiger partial charge is 0.341 e. The zero-order chi connectivity index (χ0) is 20.4. The molecule has 0 radical (unpaired) electrons. The van der Waals surface area contributed by atoms with E-state index >= 15 is 0 Å². The highest BCUT2D eigenvalue weighted by Crippen LogP contribution is 2.21. The number of carbonyl (C=O) groups is 2. The van der Waals surface area contributed by atoms with Gasteiger partial charge in [0.2, 0.25) is 5.91 Å². The van der Waals surface area contributed by atoms with Gasteiger partial charge in [0, 0.05) is 44.8 Å². The Labute approximate surface area is 173 Å². The normalized spacial score (nSPS) is 23.4. The molecular weight excluding hydrogens is 362 g/mol. The Morgan fingerprint density at radius 2 is 1.52 bits per heavy atom. The molecule has 0 N–H and O–H groups in total. The third kappa shape index (κ3) is 4.61. The van der Waals surface area contributed by atoms with E-state index in [2.05, 4.69) is 24.8 Å². The molecule has 0 unspecified atom stereocenters. The lowest BCUT2D eigenvalue weighted by molar-refractivity contribution is -0.135. The molecule has 2 amide bonds. The molecule has 2 aliphatic heterocycles. The number of fused-ring (bicyclic) bond motifs is 1. The minimum atomic E-state index is 0.0837. The monoisotopic (exact) mass is 393 g/mol. The lowest BCUT2D eigenvalue weighted by Gasteiger charge is -2.38. The van der Waals surface area contributed by atoms with Crippen molar-refractivity contribution < 1.29 is 9.59 Å². The number of carbonyl (C=O) groups excluding carboxylic acids is 2. The first-order chi connectivity index (χ1) is 14.0. The van der Waals surface area contributed by atoms with E-state index in [1.807, 2.05) is 46.2 Å². The number of piperidine rings is 1. The smallest absolute Gasteiger partial charge is 0.253 e. The van der Waals surface area contributed by atoms with Crippen LogP contribution in [-0.2, 0) is 4.79 Å². The van der Waals surface area contributed by atoms with Crippen molar-refractivity contribution >= 4 is 22.6 Å². The van der Waals surface area contributed by atoms with E-state index < -0.39 is 0 Å². The zero-order valence-electron chi connectivity index (χ0n) is 17.5. The summed E-state index contributed by atoms with van der Waals surface area (Å²) in [5.41, 5.74) is 0.740. The second-order valence-electron chi connectivity index (χ2n) is 8.88. The average molecular weight is 394 g/mol. The van der Waals surface area contributed by atoms with Gasteiger partial charge in [0.25, 0.3) is 5.91 Å². The maximum absolute atomic E-state index is 12.9. The van der Waals surface area contributed by atoms with Crippen molar-refractivity contribution in [3.63, 3.8) is 0 Å². The second-order valence-corrected chi connectivity index (χ2v) is 8.88. The van der Waals surface area contributed by atoms with E-state index in [0.717, 1.165) is 42.5 Å². The van der Waals surface area contributed by atoms with Gasteiger partial charge in [-0.15, -0.1) is 0 Å². The molecule has 0 aromatic heterocycles. The molecule has 2 fully saturated rings. The van der Waals surface area contributed by atoms with Crippen LogP contribution in [0.4, 0.5) is 0 Å². The molecular formula is C24H31N3O2. The summed E-state index contributed by atoms with van der Waals surface area (Å²) in [6.07, 6.45) is 1.21.